The first-order valence-electron chi connectivity index (χ1n) is 0.478. The van der Waals surface area contributed by atoms with Gasteiger partial charge in [-0.2, -0.15) is 0 Å². The van der Waals surface area contributed by atoms with Crippen molar-refractivity contribution in [3.8, 4) is 0 Å². The molecule has 3 nitrogen and oxygen atoms in total. The summed E-state index contributed by atoms with van der Waals surface area (Å²) in [4.78, 5) is 0. The maximum absolute atomic E-state index is 8.52. The molecule has 0 spiro atoms. The van der Waals surface area contributed by atoms with E-state index >= 15 is 0 Å². The summed E-state index contributed by atoms with van der Waals surface area (Å²) in [7, 11) is -2.60. The summed E-state index contributed by atoms with van der Waals surface area (Å²) < 4.78 is 24.0. The van der Waals surface area contributed by atoms with E-state index in [1.165, 1.54) is 0 Å². The Kier molecular flexibility index (Phi) is 9.61. The zero-order valence-electron chi connectivity index (χ0n) is 2.35. The van der Waals surface area contributed by atoms with Gasteiger partial charge in [-0.05, 0) is 0 Å². The Morgan fingerprint density at radius 2 is 1.40 bits per heavy atom. The summed E-state index contributed by atoms with van der Waals surface area (Å²) in [6.07, 6.45) is 0. The van der Waals surface area contributed by atoms with Crippen LogP contribution in [0.2, 0.25) is 0 Å². The van der Waals surface area contributed by atoms with Crippen molar-refractivity contribution in [2.75, 3.05) is 0 Å². The number of hydrogen-bond donors (Lipinski definition) is 1. The quantitative estimate of drug-likeness (QED) is 0.465. The van der Waals surface area contributed by atoms with Crippen LogP contribution in [0.4, 0.5) is 0 Å². The van der Waals surface area contributed by atoms with Crippen molar-refractivity contribution in [2.45, 2.75) is 0 Å². The Morgan fingerprint density at radius 1 is 1.40 bits per heavy atom. The molecule has 0 aromatic carbocycles. The van der Waals surface area contributed by atoms with Crippen molar-refractivity contribution in [2.24, 2.45) is 0 Å². The number of rotatable bonds is 0. The third-order valence-electron chi connectivity index (χ3n) is 0. The fraction of sp³-hybridized carbons (Fsp3) is 0. The normalized spacial score (nSPS) is 7.20. The Labute approximate surface area is 52.2 Å². The van der Waals surface area contributed by atoms with Gasteiger partial charge < -0.3 is 9.32 Å². The summed E-state index contributed by atoms with van der Waals surface area (Å²) >= 11 is 0. The molecule has 0 aliphatic rings. The molecule has 0 saturated heterocycles. The summed E-state index contributed by atoms with van der Waals surface area (Å²) in [6.45, 7) is 0. The van der Waals surface area contributed by atoms with Crippen LogP contribution in [-0.4, -0.2) is 32.0 Å². The van der Waals surface area contributed by atoms with Crippen molar-refractivity contribution >= 4 is 27.3 Å². The first-order chi connectivity index (χ1) is 1.73. The van der Waals surface area contributed by atoms with Crippen molar-refractivity contribution in [3.05, 3.63) is 0 Å². The summed E-state index contributed by atoms with van der Waals surface area (Å²) in [5.74, 6) is 0. The average Bonchev–Trinajstić information content (AvgIpc) is 0.811. The minimum atomic E-state index is -2.60. The molecule has 0 heterocycles. The van der Waals surface area contributed by atoms with Crippen LogP contribution in [0.5, 0.6) is 0 Å². The van der Waals surface area contributed by atoms with Gasteiger partial charge in [0.1, 0.15) is 0 Å². The van der Waals surface area contributed by atoms with Crippen LogP contribution in [0.15, 0.2) is 0 Å². The van der Waals surface area contributed by atoms with Crippen molar-refractivity contribution in [1.82, 2.24) is 0 Å². The first kappa shape index (κ1) is 9.43. The fourth-order valence-electron chi connectivity index (χ4n) is 0. The molecule has 0 amide bonds. The molecule has 0 bridgehead atoms. The molecule has 32 valence electrons. The van der Waals surface area contributed by atoms with Crippen molar-refractivity contribution < 1.29 is 24.8 Å². The van der Waals surface area contributed by atoms with Gasteiger partial charge in [-0.25, -0.2) is 0 Å². The number of hydrogen-bond acceptors (Lipinski definition) is 3. The molecular weight excluding hydrogens is 291 g/mol. The van der Waals surface area contributed by atoms with E-state index in [4.69, 9.17) is 14.0 Å². The second-order valence-electron chi connectivity index (χ2n) is 0.201. The average molecular weight is 294 g/mol. The third-order valence-corrected chi connectivity index (χ3v) is 0. The van der Waals surface area contributed by atoms with E-state index in [0.29, 0.717) is 0 Å². The summed E-state index contributed by atoms with van der Waals surface area (Å²) in [6, 6.07) is 0. The third kappa shape index (κ3) is 40.8. The Morgan fingerprint density at radius 3 is 1.40 bits per heavy atom. The Bertz CT molecular complexity index is 11.6. The van der Waals surface area contributed by atoms with Gasteiger partial charge >= 0.3 is 27.3 Å². The van der Waals surface area contributed by atoms with Gasteiger partial charge in [0.2, 0.25) is 0 Å². The van der Waals surface area contributed by atoms with Crippen LogP contribution in [0, 0.1) is 10.8 Å². The van der Waals surface area contributed by atoms with E-state index in [1.807, 2.05) is 0 Å². The van der Waals surface area contributed by atoms with E-state index < -0.39 is 10.8 Å². The van der Waals surface area contributed by atoms with Crippen LogP contribution in [0.25, 0.3) is 0 Å². The zero-order valence-corrected chi connectivity index (χ0v) is 8.60. The Hall–Kier alpha value is 1.09. The van der Waals surface area contributed by atoms with Crippen LogP contribution in [-0.2, 0) is 0 Å². The van der Waals surface area contributed by atoms with E-state index in [9.17, 15) is 0 Å². The van der Waals surface area contributed by atoms with Gasteiger partial charge in [-0.3, -0.25) is 0 Å². The van der Waals surface area contributed by atoms with Gasteiger partial charge in [-0.15, -0.1) is 0 Å². The molecule has 0 atom stereocenters. The van der Waals surface area contributed by atoms with Gasteiger partial charge in [0.15, 0.2) is 0 Å². The molecule has 2 radical (unpaired) electrons. The molecule has 0 aromatic heterocycles. The molecule has 5 heavy (non-hydrogen) atoms. The SMILES string of the molecule is [O-][Cl+2]([O-])O.[PbH2]. The molecule has 0 aliphatic carbocycles. The second kappa shape index (κ2) is 5.09. The predicted octanol–water partition coefficient (Wildman–Crippen LogP) is -3.85. The molecule has 0 aromatic rings. The Balaban J connectivity index is 0. The summed E-state index contributed by atoms with van der Waals surface area (Å²) in [5, 5.41) is 0. The van der Waals surface area contributed by atoms with E-state index in [-0.39, 0.29) is 27.3 Å². The minimum absolute atomic E-state index is 0. The van der Waals surface area contributed by atoms with E-state index in [0.717, 1.165) is 0 Å². The van der Waals surface area contributed by atoms with Crippen LogP contribution >= 0.6 is 0 Å². The van der Waals surface area contributed by atoms with Gasteiger partial charge in [0, 0.05) is 4.66 Å². The first-order valence-corrected chi connectivity index (χ1v) is 1.43. The monoisotopic (exact) mass is 294 g/mol. The van der Waals surface area contributed by atoms with Crippen LogP contribution < -0.4 is 9.32 Å². The standard InChI is InChI=1S/ClHO3.Pb.2H/c2-1(3)4;;;/h2H;;;. The molecule has 0 unspecified atom stereocenters. The maximum atomic E-state index is 8.52. The number of halogens is 1. The zero-order chi connectivity index (χ0) is 3.58. The summed E-state index contributed by atoms with van der Waals surface area (Å²) in [5.41, 5.74) is 0. The van der Waals surface area contributed by atoms with Crippen molar-refractivity contribution in [3.63, 3.8) is 0 Å². The van der Waals surface area contributed by atoms with Gasteiger partial charge in [0.25, 0.3) is 10.8 Å². The fourth-order valence-corrected chi connectivity index (χ4v) is 0. The molecule has 0 fully saturated rings. The van der Waals surface area contributed by atoms with E-state index in [2.05, 4.69) is 0 Å². The predicted molar refractivity (Wildman–Crippen MR) is 10.8 cm³/mol. The molecule has 1 N–H and O–H groups in total. The molecule has 5 heteroatoms. The topological polar surface area (TPSA) is 66.3 Å². The molecule has 0 rings (SSSR count). The molecular formula is H3ClO3Pb. The van der Waals surface area contributed by atoms with Crippen LogP contribution in [0.1, 0.15) is 0 Å². The second-order valence-corrected chi connectivity index (χ2v) is 0.603. The van der Waals surface area contributed by atoms with Crippen LogP contribution in [0.3, 0.4) is 0 Å². The van der Waals surface area contributed by atoms with E-state index in [1.54, 1.807) is 0 Å². The van der Waals surface area contributed by atoms with Crippen molar-refractivity contribution in [1.29, 1.82) is 0 Å². The molecule has 0 saturated carbocycles. The van der Waals surface area contributed by atoms with Gasteiger partial charge in [0.05, 0.1) is 0 Å². The molecule has 0 aliphatic heterocycles. The van der Waals surface area contributed by atoms with Gasteiger partial charge in [-0.1, -0.05) is 0 Å².